The van der Waals surface area contributed by atoms with Crippen molar-refractivity contribution in [2.45, 2.75) is 38.5 Å². The highest BCUT2D eigenvalue weighted by Crippen LogP contribution is 2.32. The van der Waals surface area contributed by atoms with E-state index in [1.54, 1.807) is 31.6 Å². The van der Waals surface area contributed by atoms with E-state index in [1.807, 2.05) is 6.07 Å². The van der Waals surface area contributed by atoms with E-state index in [2.05, 4.69) is 44.4 Å². The molecule has 2 saturated heterocycles. The first-order valence-electron chi connectivity index (χ1n) is 12.8. The lowest BCUT2D eigenvalue weighted by Crippen LogP contribution is -2.54. The summed E-state index contributed by atoms with van der Waals surface area (Å²) in [7, 11) is 1.72. The number of rotatable bonds is 5. The lowest BCUT2D eigenvalue weighted by Gasteiger charge is -2.38. The van der Waals surface area contributed by atoms with Crippen molar-refractivity contribution in [3.63, 3.8) is 0 Å². The second-order valence-corrected chi connectivity index (χ2v) is 10.2. The molecule has 10 nitrogen and oxygen atoms in total. The predicted molar refractivity (Wildman–Crippen MR) is 142 cm³/mol. The molecule has 0 aliphatic carbocycles. The molecule has 2 N–H and O–H groups in total. The van der Waals surface area contributed by atoms with Crippen LogP contribution in [0.4, 0.5) is 15.8 Å². The SMILES string of the molecule is C[C@@H]1CN(c2ccc(C(=O)Nc3cc(F)c4nn(C)cc4c3)c3nc(O[C@@H]4CCOC4)ncc23)C[C@@H](C)N1. The van der Waals surface area contributed by atoms with Crippen LogP contribution in [0, 0.1) is 5.82 Å². The van der Waals surface area contributed by atoms with Gasteiger partial charge >= 0.3 is 6.01 Å². The van der Waals surface area contributed by atoms with Crippen molar-refractivity contribution in [2.75, 3.05) is 36.5 Å². The number of amides is 1. The van der Waals surface area contributed by atoms with Crippen molar-refractivity contribution in [3.05, 3.63) is 48.0 Å². The Morgan fingerprint density at radius 1 is 1.21 bits per heavy atom. The third-order valence-electron chi connectivity index (χ3n) is 6.94. The van der Waals surface area contributed by atoms with Gasteiger partial charge in [0.15, 0.2) is 5.82 Å². The molecule has 11 heteroatoms. The first-order chi connectivity index (χ1) is 18.3. The number of carbonyl (C=O) groups excluding carboxylic acids is 1. The molecule has 1 amide bonds. The van der Waals surface area contributed by atoms with Crippen LogP contribution in [0.15, 0.2) is 36.7 Å². The van der Waals surface area contributed by atoms with Gasteiger partial charge in [0.2, 0.25) is 0 Å². The van der Waals surface area contributed by atoms with Gasteiger partial charge in [-0.2, -0.15) is 10.1 Å². The average molecular weight is 520 g/mol. The van der Waals surface area contributed by atoms with Crippen molar-refractivity contribution in [1.82, 2.24) is 25.1 Å². The lowest BCUT2D eigenvalue weighted by atomic mass is 10.0. The van der Waals surface area contributed by atoms with Crippen LogP contribution in [-0.4, -0.2) is 70.1 Å². The normalized spacial score (nSPS) is 21.8. The minimum absolute atomic E-state index is 0.128. The van der Waals surface area contributed by atoms with Gasteiger partial charge in [-0.25, -0.2) is 9.37 Å². The Morgan fingerprint density at radius 2 is 2.03 bits per heavy atom. The smallest absolute Gasteiger partial charge is 0.317 e. The number of nitrogens with one attached hydrogen (secondary N) is 2. The third-order valence-corrected chi connectivity index (χ3v) is 6.94. The number of carbonyl (C=O) groups is 1. The van der Waals surface area contributed by atoms with Gasteiger partial charge in [0.1, 0.15) is 11.6 Å². The molecule has 0 radical (unpaired) electrons. The van der Waals surface area contributed by atoms with E-state index >= 15 is 0 Å². The minimum Gasteiger partial charge on any atom is -0.458 e. The van der Waals surface area contributed by atoms with Gasteiger partial charge in [-0.1, -0.05) is 0 Å². The van der Waals surface area contributed by atoms with Gasteiger partial charge in [-0.05, 0) is 38.1 Å². The van der Waals surface area contributed by atoms with E-state index < -0.39 is 11.7 Å². The van der Waals surface area contributed by atoms with Crippen molar-refractivity contribution in [2.24, 2.45) is 7.05 Å². The quantitative estimate of drug-likeness (QED) is 0.414. The van der Waals surface area contributed by atoms with Crippen LogP contribution in [0.25, 0.3) is 21.8 Å². The van der Waals surface area contributed by atoms with Crippen molar-refractivity contribution in [1.29, 1.82) is 0 Å². The summed E-state index contributed by atoms with van der Waals surface area (Å²) in [5.41, 5.74) is 2.37. The Hall–Kier alpha value is -3.83. The number of piperazine rings is 1. The number of hydrogen-bond acceptors (Lipinski definition) is 8. The fourth-order valence-electron chi connectivity index (χ4n) is 5.37. The topological polar surface area (TPSA) is 106 Å². The zero-order valence-corrected chi connectivity index (χ0v) is 21.6. The second-order valence-electron chi connectivity index (χ2n) is 10.2. The molecule has 6 rings (SSSR count). The summed E-state index contributed by atoms with van der Waals surface area (Å²) < 4.78 is 27.6. The van der Waals surface area contributed by atoms with Gasteiger partial charge < -0.3 is 25.0 Å². The first-order valence-corrected chi connectivity index (χ1v) is 12.8. The van der Waals surface area contributed by atoms with Crippen LogP contribution in [0.1, 0.15) is 30.6 Å². The summed E-state index contributed by atoms with van der Waals surface area (Å²) >= 11 is 0. The highest BCUT2D eigenvalue weighted by atomic mass is 19.1. The Kier molecular flexibility index (Phi) is 6.32. The highest BCUT2D eigenvalue weighted by molar-refractivity contribution is 6.14. The number of anilines is 2. The predicted octanol–water partition coefficient (Wildman–Crippen LogP) is 3.26. The van der Waals surface area contributed by atoms with E-state index in [9.17, 15) is 9.18 Å². The van der Waals surface area contributed by atoms with Crippen LogP contribution in [0.2, 0.25) is 0 Å². The number of nitrogens with zero attached hydrogens (tertiary/aromatic N) is 5. The van der Waals surface area contributed by atoms with Crippen LogP contribution < -0.4 is 20.3 Å². The molecule has 198 valence electrons. The van der Waals surface area contributed by atoms with Crippen molar-refractivity contribution in [3.8, 4) is 6.01 Å². The fraction of sp³-hybridized carbons (Fsp3) is 0.407. The number of benzene rings is 2. The molecule has 4 aromatic rings. The van der Waals surface area contributed by atoms with E-state index in [0.717, 1.165) is 30.6 Å². The fourth-order valence-corrected chi connectivity index (χ4v) is 5.37. The molecular weight excluding hydrogens is 489 g/mol. The van der Waals surface area contributed by atoms with Crippen molar-refractivity contribution >= 4 is 39.1 Å². The number of hydrogen-bond donors (Lipinski definition) is 2. The molecule has 4 heterocycles. The molecule has 2 fully saturated rings. The van der Waals surface area contributed by atoms with Gasteiger partial charge in [0.25, 0.3) is 5.91 Å². The molecule has 0 spiro atoms. The number of aromatic nitrogens is 4. The van der Waals surface area contributed by atoms with E-state index in [0.29, 0.717) is 47.5 Å². The minimum atomic E-state index is -0.502. The van der Waals surface area contributed by atoms with Crippen LogP contribution in [0.5, 0.6) is 6.01 Å². The standard InChI is InChI=1S/C27H30FN7O3/c1-15-11-35(12-16(2)30-15)23-5-4-20(25-21(23)10-29-27(32-25)38-19-6-7-37-14-19)26(36)31-18-8-17-13-34(3)33-24(17)22(28)9-18/h4-5,8-10,13,15-16,19,30H,6-7,11-12,14H2,1-3H3,(H,31,36)/t15-,16-,19-/m1/s1. The zero-order valence-electron chi connectivity index (χ0n) is 21.6. The zero-order chi connectivity index (χ0) is 26.4. The summed E-state index contributed by atoms with van der Waals surface area (Å²) in [6, 6.07) is 7.48. The summed E-state index contributed by atoms with van der Waals surface area (Å²) in [5, 5.41) is 11.9. The Balaban J connectivity index is 1.38. The summed E-state index contributed by atoms with van der Waals surface area (Å²) in [6.45, 7) is 7.04. The molecule has 0 unspecified atom stereocenters. The lowest BCUT2D eigenvalue weighted by molar-refractivity contribution is 0.102. The maximum Gasteiger partial charge on any atom is 0.317 e. The van der Waals surface area contributed by atoms with Crippen LogP contribution in [0.3, 0.4) is 0 Å². The Morgan fingerprint density at radius 3 is 2.79 bits per heavy atom. The molecule has 38 heavy (non-hydrogen) atoms. The number of halogens is 1. The monoisotopic (exact) mass is 519 g/mol. The second kappa shape index (κ2) is 9.80. The molecule has 3 atom stereocenters. The van der Waals surface area contributed by atoms with E-state index in [4.69, 9.17) is 9.47 Å². The Labute approximate surface area is 219 Å². The molecule has 2 aromatic heterocycles. The van der Waals surface area contributed by atoms with Gasteiger partial charge in [-0.15, -0.1) is 0 Å². The van der Waals surface area contributed by atoms with Crippen molar-refractivity contribution < 1.29 is 18.7 Å². The number of aryl methyl sites for hydroxylation is 1. The maximum atomic E-state index is 14.6. The average Bonchev–Trinajstić information content (AvgIpc) is 3.51. The largest absolute Gasteiger partial charge is 0.458 e. The molecule has 2 aliphatic heterocycles. The van der Waals surface area contributed by atoms with Gasteiger partial charge in [0.05, 0.1) is 24.3 Å². The van der Waals surface area contributed by atoms with Gasteiger partial charge in [-0.3, -0.25) is 9.48 Å². The summed E-state index contributed by atoms with van der Waals surface area (Å²) in [6.07, 6.45) is 4.06. The van der Waals surface area contributed by atoms with Crippen LogP contribution in [-0.2, 0) is 11.8 Å². The molecule has 2 aromatic carbocycles. The van der Waals surface area contributed by atoms with E-state index in [-0.39, 0.29) is 17.6 Å². The molecular formula is C27H30FN7O3. The third kappa shape index (κ3) is 4.74. The van der Waals surface area contributed by atoms with Crippen LogP contribution >= 0.6 is 0 Å². The molecule has 2 aliphatic rings. The summed E-state index contributed by atoms with van der Waals surface area (Å²) in [5.74, 6) is -0.905. The Bertz CT molecular complexity index is 1510. The number of fused-ring (bicyclic) bond motifs is 2. The first kappa shape index (κ1) is 24.5. The maximum absolute atomic E-state index is 14.6. The van der Waals surface area contributed by atoms with Gasteiger partial charge in [0, 0.05) is 73.2 Å². The number of ether oxygens (including phenoxy) is 2. The highest BCUT2D eigenvalue weighted by Gasteiger charge is 2.26. The molecule has 0 saturated carbocycles. The molecule has 0 bridgehead atoms. The van der Waals surface area contributed by atoms with E-state index in [1.165, 1.54) is 10.7 Å². The summed E-state index contributed by atoms with van der Waals surface area (Å²) in [4.78, 5) is 25.0.